The molecule has 9 heteroatoms. The molecule has 3 aromatic rings. The van der Waals surface area contributed by atoms with E-state index in [2.05, 4.69) is 10.3 Å². The molecule has 1 aliphatic rings. The molecular weight excluding hydrogens is 458 g/mol. The first kappa shape index (κ1) is 22.8. The molecule has 1 unspecified atom stereocenters. The first-order valence-electron chi connectivity index (χ1n) is 10.2. The summed E-state index contributed by atoms with van der Waals surface area (Å²) in [5.74, 6) is -2.11. The molecule has 1 fully saturated rings. The van der Waals surface area contributed by atoms with Gasteiger partial charge in [0.05, 0.1) is 4.91 Å². The minimum Gasteiger partial charge on any atom is -0.480 e. The fourth-order valence-corrected chi connectivity index (χ4v) is 4.81. The summed E-state index contributed by atoms with van der Waals surface area (Å²) in [6.07, 6.45) is 3.58. The summed E-state index contributed by atoms with van der Waals surface area (Å²) in [5, 5.41) is 13.1. The molecule has 168 valence electrons. The lowest BCUT2D eigenvalue weighted by molar-refractivity contribution is -0.141. The maximum absolute atomic E-state index is 12.8. The van der Waals surface area contributed by atoms with E-state index in [1.54, 1.807) is 12.3 Å². The Bertz CT molecular complexity index is 1280. The standard InChI is InChI=1S/C24H21N3O4S2/c1-14-6-8-15(9-7-14)10-20-22(29)27(24(32)33-20)13-21(28)26-19(23(30)31)11-16-12-25-18-5-3-2-4-17(16)18/h2-10,12,19,25H,11,13H2,1H3,(H,26,28)(H,30,31)/b20-10-. The highest BCUT2D eigenvalue weighted by Gasteiger charge is 2.34. The number of hydrogen-bond acceptors (Lipinski definition) is 5. The number of para-hydroxylation sites is 1. The molecule has 0 bridgehead atoms. The van der Waals surface area contributed by atoms with Crippen LogP contribution in [0.2, 0.25) is 0 Å². The van der Waals surface area contributed by atoms with Crippen LogP contribution in [0, 0.1) is 6.92 Å². The Morgan fingerprint density at radius 2 is 1.94 bits per heavy atom. The van der Waals surface area contributed by atoms with Gasteiger partial charge in [-0.15, -0.1) is 0 Å². The third-order valence-electron chi connectivity index (χ3n) is 5.28. The van der Waals surface area contributed by atoms with E-state index in [-0.39, 0.29) is 23.2 Å². The van der Waals surface area contributed by atoms with Gasteiger partial charge in [0.15, 0.2) is 0 Å². The summed E-state index contributed by atoms with van der Waals surface area (Å²) in [6.45, 7) is 1.64. The number of thiocarbonyl (C=S) groups is 1. The number of carbonyl (C=O) groups is 3. The zero-order chi connectivity index (χ0) is 23.5. The number of carboxylic acids is 1. The fourth-order valence-electron chi connectivity index (χ4n) is 3.55. The van der Waals surface area contributed by atoms with Crippen LogP contribution in [-0.4, -0.2) is 49.7 Å². The number of fused-ring (bicyclic) bond motifs is 1. The van der Waals surface area contributed by atoms with E-state index in [1.165, 1.54) is 4.90 Å². The van der Waals surface area contributed by atoms with Crippen LogP contribution >= 0.6 is 24.0 Å². The zero-order valence-electron chi connectivity index (χ0n) is 17.7. The maximum Gasteiger partial charge on any atom is 0.326 e. The topological polar surface area (TPSA) is 102 Å². The average molecular weight is 480 g/mol. The third-order valence-corrected chi connectivity index (χ3v) is 6.66. The summed E-state index contributed by atoms with van der Waals surface area (Å²) in [5.41, 5.74) is 3.64. The minimum atomic E-state index is -1.15. The van der Waals surface area contributed by atoms with Crippen molar-refractivity contribution in [2.45, 2.75) is 19.4 Å². The predicted molar refractivity (Wildman–Crippen MR) is 133 cm³/mol. The predicted octanol–water partition coefficient (Wildman–Crippen LogP) is 3.49. The van der Waals surface area contributed by atoms with Crippen molar-refractivity contribution in [3.05, 3.63) is 76.3 Å². The molecule has 1 aromatic heterocycles. The van der Waals surface area contributed by atoms with Crippen molar-refractivity contribution in [2.75, 3.05) is 6.54 Å². The van der Waals surface area contributed by atoms with Crippen LogP contribution in [0.5, 0.6) is 0 Å². The number of H-pyrrole nitrogens is 1. The van der Waals surface area contributed by atoms with Gasteiger partial charge in [0.1, 0.15) is 16.9 Å². The van der Waals surface area contributed by atoms with Crippen LogP contribution < -0.4 is 5.32 Å². The van der Waals surface area contributed by atoms with Gasteiger partial charge in [0, 0.05) is 23.5 Å². The Morgan fingerprint density at radius 1 is 1.21 bits per heavy atom. The van der Waals surface area contributed by atoms with Gasteiger partial charge in [-0.05, 0) is 30.2 Å². The first-order chi connectivity index (χ1) is 15.8. The molecule has 2 aromatic carbocycles. The Kier molecular flexibility index (Phi) is 6.62. The van der Waals surface area contributed by atoms with Crippen LogP contribution in [-0.2, 0) is 20.8 Å². The van der Waals surface area contributed by atoms with Crippen molar-refractivity contribution in [3.8, 4) is 0 Å². The molecule has 4 rings (SSSR count). The first-order valence-corrected chi connectivity index (χ1v) is 11.4. The summed E-state index contributed by atoms with van der Waals surface area (Å²) < 4.78 is 0.261. The number of nitrogens with one attached hydrogen (secondary N) is 2. The van der Waals surface area contributed by atoms with Gasteiger partial charge < -0.3 is 15.4 Å². The van der Waals surface area contributed by atoms with E-state index in [0.29, 0.717) is 4.91 Å². The maximum atomic E-state index is 12.8. The molecular formula is C24H21N3O4S2. The molecule has 0 saturated carbocycles. The lowest BCUT2D eigenvalue weighted by Gasteiger charge is -2.18. The van der Waals surface area contributed by atoms with Crippen molar-refractivity contribution in [2.24, 2.45) is 0 Å². The SMILES string of the molecule is Cc1ccc(/C=C2\SC(=S)N(CC(=O)NC(Cc3c[nH]c4ccccc34)C(=O)O)C2=O)cc1. The van der Waals surface area contributed by atoms with Gasteiger partial charge in [-0.2, -0.15) is 0 Å². The molecule has 2 amide bonds. The fraction of sp³-hybridized carbons (Fsp3) is 0.167. The van der Waals surface area contributed by atoms with Crippen molar-refractivity contribution in [1.29, 1.82) is 0 Å². The second kappa shape index (κ2) is 9.60. The van der Waals surface area contributed by atoms with Gasteiger partial charge in [0.25, 0.3) is 5.91 Å². The van der Waals surface area contributed by atoms with E-state index >= 15 is 0 Å². The monoisotopic (exact) mass is 479 g/mol. The van der Waals surface area contributed by atoms with Crippen LogP contribution in [0.3, 0.4) is 0 Å². The molecule has 0 radical (unpaired) electrons. The number of aromatic amines is 1. The Morgan fingerprint density at radius 3 is 2.67 bits per heavy atom. The quantitative estimate of drug-likeness (QED) is 0.354. The third kappa shape index (κ3) is 5.15. The van der Waals surface area contributed by atoms with E-state index < -0.39 is 17.9 Å². The van der Waals surface area contributed by atoms with E-state index in [4.69, 9.17) is 12.2 Å². The number of rotatable bonds is 7. The Labute approximate surface area is 199 Å². The normalized spacial score (nSPS) is 15.9. The number of aromatic nitrogens is 1. The molecule has 0 aliphatic carbocycles. The zero-order valence-corrected chi connectivity index (χ0v) is 19.3. The average Bonchev–Trinajstić information content (AvgIpc) is 3.31. The summed E-state index contributed by atoms with van der Waals surface area (Å²) in [6, 6.07) is 14.1. The lowest BCUT2D eigenvalue weighted by Crippen LogP contribution is -2.47. The number of thioether (sulfide) groups is 1. The largest absolute Gasteiger partial charge is 0.480 e. The van der Waals surface area contributed by atoms with Gasteiger partial charge in [-0.3, -0.25) is 14.5 Å². The number of amides is 2. The van der Waals surface area contributed by atoms with E-state index in [9.17, 15) is 19.5 Å². The molecule has 1 saturated heterocycles. The van der Waals surface area contributed by atoms with Gasteiger partial charge in [-0.25, -0.2) is 4.79 Å². The number of nitrogens with zero attached hydrogens (tertiary/aromatic N) is 1. The van der Waals surface area contributed by atoms with Crippen LogP contribution in [0.4, 0.5) is 0 Å². The van der Waals surface area contributed by atoms with Crippen LogP contribution in [0.25, 0.3) is 17.0 Å². The molecule has 33 heavy (non-hydrogen) atoms. The Hall–Kier alpha value is -3.43. The Balaban J connectivity index is 1.43. The molecule has 3 N–H and O–H groups in total. The molecule has 2 heterocycles. The molecule has 7 nitrogen and oxygen atoms in total. The van der Waals surface area contributed by atoms with Crippen molar-refractivity contribution < 1.29 is 19.5 Å². The minimum absolute atomic E-state index is 0.108. The lowest BCUT2D eigenvalue weighted by atomic mass is 10.0. The smallest absolute Gasteiger partial charge is 0.326 e. The van der Waals surface area contributed by atoms with Crippen molar-refractivity contribution >= 4 is 63.1 Å². The van der Waals surface area contributed by atoms with Crippen molar-refractivity contribution in [3.63, 3.8) is 0 Å². The second-order valence-corrected chi connectivity index (χ2v) is 9.38. The highest BCUT2D eigenvalue weighted by atomic mass is 32.2. The number of benzene rings is 2. The number of hydrogen-bond donors (Lipinski definition) is 3. The molecule has 1 aliphatic heterocycles. The van der Waals surface area contributed by atoms with Gasteiger partial charge in [-0.1, -0.05) is 72.0 Å². The highest BCUT2D eigenvalue weighted by molar-refractivity contribution is 8.26. The highest BCUT2D eigenvalue weighted by Crippen LogP contribution is 2.32. The van der Waals surface area contributed by atoms with Crippen molar-refractivity contribution in [1.82, 2.24) is 15.2 Å². The van der Waals surface area contributed by atoms with E-state index in [0.717, 1.165) is 39.4 Å². The number of aryl methyl sites for hydroxylation is 1. The van der Waals surface area contributed by atoms with Gasteiger partial charge in [0.2, 0.25) is 5.91 Å². The summed E-state index contributed by atoms with van der Waals surface area (Å²) >= 11 is 6.41. The van der Waals surface area contributed by atoms with Crippen LogP contribution in [0.1, 0.15) is 16.7 Å². The summed E-state index contributed by atoms with van der Waals surface area (Å²) in [4.78, 5) is 41.9. The van der Waals surface area contributed by atoms with Crippen LogP contribution in [0.15, 0.2) is 59.6 Å². The second-order valence-electron chi connectivity index (χ2n) is 7.70. The number of carboxylic acid groups (broad SMARTS) is 1. The number of aliphatic carboxylic acids is 1. The molecule has 0 spiro atoms. The summed E-state index contributed by atoms with van der Waals surface area (Å²) in [7, 11) is 0. The van der Waals surface area contributed by atoms with Gasteiger partial charge >= 0.3 is 5.97 Å². The van der Waals surface area contributed by atoms with E-state index in [1.807, 2.05) is 55.5 Å². The number of carbonyl (C=O) groups excluding carboxylic acids is 2. The molecule has 1 atom stereocenters.